The molecule has 0 saturated heterocycles. The Morgan fingerprint density at radius 2 is 1.71 bits per heavy atom. The summed E-state index contributed by atoms with van der Waals surface area (Å²) in [6, 6.07) is 12.4. The summed E-state index contributed by atoms with van der Waals surface area (Å²) in [7, 11) is -3.75. The minimum atomic E-state index is -3.75. The number of nitrogens with one attached hydrogen (secondary N) is 2. The second-order valence-corrected chi connectivity index (χ2v) is 7.79. The maximum absolute atomic E-state index is 12.5. The van der Waals surface area contributed by atoms with Gasteiger partial charge in [0.25, 0.3) is 15.9 Å². The molecule has 0 aliphatic rings. The zero-order chi connectivity index (χ0) is 19.9. The molecule has 0 aromatic heterocycles. The fourth-order valence-electron chi connectivity index (χ4n) is 2.30. The molecule has 0 aliphatic carbocycles. The van der Waals surface area contributed by atoms with Gasteiger partial charge in [-0.1, -0.05) is 0 Å². The number of amides is 1. The molecule has 28 heavy (non-hydrogen) atoms. The highest BCUT2D eigenvalue weighted by Crippen LogP contribution is 2.20. The van der Waals surface area contributed by atoms with Gasteiger partial charge in [-0.15, -0.1) is 12.4 Å². The van der Waals surface area contributed by atoms with Gasteiger partial charge in [-0.3, -0.25) is 9.52 Å². The third kappa shape index (κ3) is 7.03. The van der Waals surface area contributed by atoms with Crippen molar-refractivity contribution in [1.29, 1.82) is 0 Å². The summed E-state index contributed by atoms with van der Waals surface area (Å²) in [5.41, 5.74) is 6.46. The predicted octanol–water partition coefficient (Wildman–Crippen LogP) is 2.77. The van der Waals surface area contributed by atoms with Crippen LogP contribution in [0.15, 0.2) is 53.4 Å². The zero-order valence-corrected chi connectivity index (χ0v) is 17.5. The highest BCUT2D eigenvalue weighted by Gasteiger charge is 2.15. The number of sulfonamides is 1. The molecule has 0 spiro atoms. The van der Waals surface area contributed by atoms with E-state index in [0.29, 0.717) is 36.6 Å². The molecule has 1 unspecified atom stereocenters. The topological polar surface area (TPSA) is 111 Å². The van der Waals surface area contributed by atoms with Crippen LogP contribution < -0.4 is 20.5 Å². The molecule has 2 aromatic rings. The number of rotatable bonds is 9. The Bertz CT molecular complexity index is 854. The van der Waals surface area contributed by atoms with E-state index >= 15 is 0 Å². The second-order valence-electron chi connectivity index (χ2n) is 6.11. The fourth-order valence-corrected chi connectivity index (χ4v) is 3.36. The molecule has 1 atom stereocenters. The molecule has 154 valence electrons. The van der Waals surface area contributed by atoms with Crippen molar-refractivity contribution in [2.45, 2.75) is 31.2 Å². The minimum absolute atomic E-state index is 0. The molecule has 0 radical (unpaired) electrons. The first-order valence-corrected chi connectivity index (χ1v) is 10.2. The molecule has 0 saturated carbocycles. The molecule has 0 aliphatic heterocycles. The number of hydrogen-bond donors (Lipinski definition) is 3. The number of hydrogen-bond acceptors (Lipinski definition) is 5. The molecular formula is C19H26ClN3O4S. The Morgan fingerprint density at radius 3 is 2.25 bits per heavy atom. The van der Waals surface area contributed by atoms with E-state index in [0.717, 1.165) is 0 Å². The second kappa shape index (κ2) is 10.9. The Kier molecular flexibility index (Phi) is 9.24. The van der Waals surface area contributed by atoms with E-state index in [1.165, 1.54) is 24.3 Å². The SMILES string of the molecule is CCOc1ccc(NS(=O)(=O)c2ccc(C(=O)NCCC(C)N)cc2)cc1.Cl. The fraction of sp³-hybridized carbons (Fsp3) is 0.316. The van der Waals surface area contributed by atoms with E-state index < -0.39 is 10.0 Å². The number of nitrogens with two attached hydrogens (primary N) is 1. The van der Waals surface area contributed by atoms with Crippen molar-refractivity contribution in [3.8, 4) is 5.75 Å². The maximum Gasteiger partial charge on any atom is 0.261 e. The number of carbonyl (C=O) groups is 1. The number of ether oxygens (including phenoxy) is 1. The smallest absolute Gasteiger partial charge is 0.261 e. The summed E-state index contributed by atoms with van der Waals surface area (Å²) >= 11 is 0. The van der Waals surface area contributed by atoms with Crippen LogP contribution in [0.4, 0.5) is 5.69 Å². The maximum atomic E-state index is 12.5. The first-order valence-electron chi connectivity index (χ1n) is 8.71. The van der Waals surface area contributed by atoms with Crippen molar-refractivity contribution < 1.29 is 17.9 Å². The number of anilines is 1. The molecule has 4 N–H and O–H groups in total. The van der Waals surface area contributed by atoms with Gasteiger partial charge in [0.05, 0.1) is 11.5 Å². The van der Waals surface area contributed by atoms with Crippen LogP contribution in [0.1, 0.15) is 30.6 Å². The molecule has 0 heterocycles. The Labute approximate surface area is 172 Å². The summed E-state index contributed by atoms with van der Waals surface area (Å²) < 4.78 is 32.8. The van der Waals surface area contributed by atoms with Crippen LogP contribution in [0.2, 0.25) is 0 Å². The summed E-state index contributed by atoms with van der Waals surface area (Å²) in [5.74, 6) is 0.402. The standard InChI is InChI=1S/C19H25N3O4S.ClH/c1-3-26-17-8-6-16(7-9-17)22-27(24,25)18-10-4-15(5-11-18)19(23)21-13-12-14(2)20;/h4-11,14,22H,3,12-13,20H2,1-2H3,(H,21,23);1H. The largest absolute Gasteiger partial charge is 0.494 e. The summed E-state index contributed by atoms with van der Waals surface area (Å²) in [6.07, 6.45) is 0.671. The molecule has 0 fully saturated rings. The van der Waals surface area contributed by atoms with Gasteiger partial charge in [0.15, 0.2) is 0 Å². The summed E-state index contributed by atoms with van der Waals surface area (Å²) in [5, 5.41) is 2.75. The first kappa shape index (κ1) is 23.7. The van der Waals surface area contributed by atoms with Crippen molar-refractivity contribution in [3.05, 3.63) is 54.1 Å². The molecule has 1 amide bonds. The molecule has 2 aromatic carbocycles. The van der Waals surface area contributed by atoms with Gasteiger partial charge in [0.1, 0.15) is 5.75 Å². The number of carbonyl (C=O) groups excluding carboxylic acids is 1. The van der Waals surface area contributed by atoms with Gasteiger partial charge in [-0.25, -0.2) is 8.42 Å². The van der Waals surface area contributed by atoms with Crippen LogP contribution in [-0.2, 0) is 10.0 Å². The Morgan fingerprint density at radius 1 is 1.11 bits per heavy atom. The predicted molar refractivity (Wildman–Crippen MR) is 113 cm³/mol. The minimum Gasteiger partial charge on any atom is -0.494 e. The van der Waals surface area contributed by atoms with Gasteiger partial charge in [-0.05, 0) is 68.8 Å². The van der Waals surface area contributed by atoms with E-state index in [9.17, 15) is 13.2 Å². The lowest BCUT2D eigenvalue weighted by Crippen LogP contribution is -2.28. The summed E-state index contributed by atoms with van der Waals surface area (Å²) in [4.78, 5) is 12.1. The normalized spacial score (nSPS) is 11.8. The Hall–Kier alpha value is -2.29. The van der Waals surface area contributed by atoms with Crippen molar-refractivity contribution in [3.63, 3.8) is 0 Å². The van der Waals surface area contributed by atoms with Gasteiger partial charge in [0, 0.05) is 23.8 Å². The van der Waals surface area contributed by atoms with Crippen LogP contribution in [0.5, 0.6) is 5.75 Å². The van der Waals surface area contributed by atoms with E-state index in [-0.39, 0.29) is 29.3 Å². The monoisotopic (exact) mass is 427 g/mol. The molecule has 2 rings (SSSR count). The Balaban J connectivity index is 0.00000392. The van der Waals surface area contributed by atoms with Crippen LogP contribution in [0.3, 0.4) is 0 Å². The third-order valence-corrected chi connectivity index (χ3v) is 5.13. The van der Waals surface area contributed by atoms with Crippen molar-refractivity contribution in [2.24, 2.45) is 5.73 Å². The van der Waals surface area contributed by atoms with Crippen LogP contribution >= 0.6 is 12.4 Å². The zero-order valence-electron chi connectivity index (χ0n) is 15.8. The van der Waals surface area contributed by atoms with Crippen molar-refractivity contribution >= 4 is 34.0 Å². The van der Waals surface area contributed by atoms with Gasteiger partial charge >= 0.3 is 0 Å². The molecule has 0 bridgehead atoms. The quantitative estimate of drug-likeness (QED) is 0.569. The number of halogens is 1. The molecule has 7 nitrogen and oxygen atoms in total. The van der Waals surface area contributed by atoms with E-state index in [1.807, 2.05) is 13.8 Å². The van der Waals surface area contributed by atoms with Gasteiger partial charge < -0.3 is 15.8 Å². The average molecular weight is 428 g/mol. The van der Waals surface area contributed by atoms with Crippen molar-refractivity contribution in [1.82, 2.24) is 5.32 Å². The summed E-state index contributed by atoms with van der Waals surface area (Å²) in [6.45, 7) is 4.74. The van der Waals surface area contributed by atoms with Crippen LogP contribution in [0.25, 0.3) is 0 Å². The van der Waals surface area contributed by atoms with Gasteiger partial charge in [0.2, 0.25) is 0 Å². The highest BCUT2D eigenvalue weighted by molar-refractivity contribution is 7.92. The lowest BCUT2D eigenvalue weighted by atomic mass is 10.2. The third-order valence-electron chi connectivity index (χ3n) is 3.73. The van der Waals surface area contributed by atoms with Gasteiger partial charge in [-0.2, -0.15) is 0 Å². The van der Waals surface area contributed by atoms with Crippen molar-refractivity contribution in [2.75, 3.05) is 17.9 Å². The van der Waals surface area contributed by atoms with E-state index in [2.05, 4.69) is 10.0 Å². The molecular weight excluding hydrogens is 402 g/mol. The highest BCUT2D eigenvalue weighted by atomic mass is 35.5. The first-order chi connectivity index (χ1) is 12.8. The van der Waals surface area contributed by atoms with Crippen LogP contribution in [-0.4, -0.2) is 33.5 Å². The lowest BCUT2D eigenvalue weighted by Gasteiger charge is -2.10. The molecule has 9 heteroatoms. The van der Waals surface area contributed by atoms with E-state index in [4.69, 9.17) is 10.5 Å². The van der Waals surface area contributed by atoms with Crippen LogP contribution in [0, 0.1) is 0 Å². The average Bonchev–Trinajstić information content (AvgIpc) is 2.63. The van der Waals surface area contributed by atoms with E-state index in [1.54, 1.807) is 24.3 Å². The number of benzene rings is 2. The lowest BCUT2D eigenvalue weighted by molar-refractivity contribution is 0.0952.